The van der Waals surface area contributed by atoms with E-state index < -0.39 is 0 Å². The maximum atomic E-state index is 3.72. The summed E-state index contributed by atoms with van der Waals surface area (Å²) in [6.45, 7) is 13.1. The molecule has 2 aliphatic heterocycles. The van der Waals surface area contributed by atoms with Crippen LogP contribution in [-0.2, 0) is 6.42 Å². The van der Waals surface area contributed by atoms with Gasteiger partial charge in [-0.25, -0.2) is 0 Å². The average Bonchev–Trinajstić information content (AvgIpc) is 2.73. The minimum Gasteiger partial charge on any atom is -0.372 e. The number of fused-ring (bicyclic) bond motifs is 2. The lowest BCUT2D eigenvalue weighted by atomic mass is 10.1. The number of nitrogens with one attached hydrogen (secondary N) is 2. The molecule has 2 N–H and O–H groups in total. The molecule has 0 atom stereocenters. The fraction of sp³-hybridized carbons (Fsp3) is 0.455. The Bertz CT molecular complexity index is 810. The van der Waals surface area contributed by atoms with Crippen LogP contribution in [0.25, 0.3) is 0 Å². The fourth-order valence-electron chi connectivity index (χ4n) is 4.00. The molecule has 0 amide bonds. The van der Waals surface area contributed by atoms with Crippen molar-refractivity contribution in [2.45, 2.75) is 37.0 Å². The summed E-state index contributed by atoms with van der Waals surface area (Å²) in [4.78, 5) is 7.60. The van der Waals surface area contributed by atoms with Crippen LogP contribution >= 0.6 is 11.8 Å². The van der Waals surface area contributed by atoms with E-state index in [1.54, 1.807) is 0 Å². The maximum Gasteiger partial charge on any atom is 0.0560 e. The molecular formula is C22H30N4S. The first-order chi connectivity index (χ1) is 13.2. The first-order valence-electron chi connectivity index (χ1n) is 10.2. The molecule has 2 aromatic rings. The summed E-state index contributed by atoms with van der Waals surface area (Å²) in [6, 6.07) is 11.6. The van der Waals surface area contributed by atoms with E-state index in [1.165, 1.54) is 38.1 Å². The number of rotatable bonds is 5. The second kappa shape index (κ2) is 8.03. The molecule has 0 aliphatic carbocycles. The van der Waals surface area contributed by atoms with Gasteiger partial charge >= 0.3 is 0 Å². The van der Waals surface area contributed by atoms with Gasteiger partial charge in [0.25, 0.3) is 0 Å². The standard InChI is InChI=1S/C22H30N4S/c1-4-16-13-18(25(5-2)6-3)15-21-22(16)24-19-8-7-17(14-20(19)27-21)26-11-9-23-10-12-26/h7-8,13-15,23-24H,4-6,9-12H2,1-3H3. The van der Waals surface area contributed by atoms with Gasteiger partial charge in [-0.3, -0.25) is 0 Å². The van der Waals surface area contributed by atoms with E-state index >= 15 is 0 Å². The highest BCUT2D eigenvalue weighted by molar-refractivity contribution is 7.99. The van der Waals surface area contributed by atoms with Gasteiger partial charge in [0.15, 0.2) is 0 Å². The monoisotopic (exact) mass is 382 g/mol. The van der Waals surface area contributed by atoms with Crippen LogP contribution in [0.2, 0.25) is 0 Å². The predicted molar refractivity (Wildman–Crippen MR) is 118 cm³/mol. The van der Waals surface area contributed by atoms with Crippen molar-refractivity contribution in [1.29, 1.82) is 0 Å². The third kappa shape index (κ3) is 3.63. The molecule has 0 saturated carbocycles. The van der Waals surface area contributed by atoms with Crippen molar-refractivity contribution >= 4 is 34.5 Å². The summed E-state index contributed by atoms with van der Waals surface area (Å²) in [7, 11) is 0. The maximum absolute atomic E-state index is 3.72. The zero-order valence-electron chi connectivity index (χ0n) is 16.6. The Morgan fingerprint density at radius 2 is 1.78 bits per heavy atom. The van der Waals surface area contributed by atoms with Gasteiger partial charge in [-0.15, -0.1) is 0 Å². The number of aryl methyl sites for hydroxylation is 1. The van der Waals surface area contributed by atoms with Gasteiger partial charge in [-0.2, -0.15) is 0 Å². The Labute approximate surface area is 167 Å². The van der Waals surface area contributed by atoms with E-state index in [1.807, 2.05) is 11.8 Å². The third-order valence-corrected chi connectivity index (χ3v) is 6.70. The van der Waals surface area contributed by atoms with Crippen molar-refractivity contribution in [2.75, 3.05) is 54.4 Å². The van der Waals surface area contributed by atoms with Gasteiger partial charge in [0.1, 0.15) is 0 Å². The minimum absolute atomic E-state index is 1.04. The quantitative estimate of drug-likeness (QED) is 0.667. The molecule has 144 valence electrons. The normalized spacial score (nSPS) is 15.7. The highest BCUT2D eigenvalue weighted by atomic mass is 32.2. The van der Waals surface area contributed by atoms with Gasteiger partial charge in [0, 0.05) is 60.4 Å². The molecule has 2 aromatic carbocycles. The van der Waals surface area contributed by atoms with Crippen LogP contribution in [0, 0.1) is 0 Å². The van der Waals surface area contributed by atoms with Crippen LogP contribution < -0.4 is 20.4 Å². The Morgan fingerprint density at radius 1 is 1.00 bits per heavy atom. The van der Waals surface area contributed by atoms with Crippen LogP contribution in [0.3, 0.4) is 0 Å². The van der Waals surface area contributed by atoms with Crippen molar-refractivity contribution in [3.63, 3.8) is 0 Å². The lowest BCUT2D eigenvalue weighted by molar-refractivity contribution is 0.589. The van der Waals surface area contributed by atoms with Crippen molar-refractivity contribution in [1.82, 2.24) is 5.32 Å². The van der Waals surface area contributed by atoms with Crippen LogP contribution in [-0.4, -0.2) is 39.3 Å². The number of piperazine rings is 1. The van der Waals surface area contributed by atoms with Crippen molar-refractivity contribution < 1.29 is 0 Å². The van der Waals surface area contributed by atoms with E-state index in [-0.39, 0.29) is 0 Å². The first kappa shape index (κ1) is 18.5. The summed E-state index contributed by atoms with van der Waals surface area (Å²) >= 11 is 1.91. The molecular weight excluding hydrogens is 352 g/mol. The molecule has 5 heteroatoms. The zero-order chi connectivity index (χ0) is 18.8. The van der Waals surface area contributed by atoms with E-state index in [0.29, 0.717) is 0 Å². The third-order valence-electron chi connectivity index (χ3n) is 5.61. The van der Waals surface area contributed by atoms with Crippen LogP contribution in [0.5, 0.6) is 0 Å². The Balaban J connectivity index is 1.67. The van der Waals surface area contributed by atoms with E-state index in [0.717, 1.165) is 45.7 Å². The molecule has 0 radical (unpaired) electrons. The molecule has 2 aliphatic rings. The van der Waals surface area contributed by atoms with Gasteiger partial charge in [-0.1, -0.05) is 18.7 Å². The minimum atomic E-state index is 1.04. The summed E-state index contributed by atoms with van der Waals surface area (Å²) in [5.41, 5.74) is 6.60. The first-order valence-corrected chi connectivity index (χ1v) is 11.0. The summed E-state index contributed by atoms with van der Waals surface area (Å²) in [6.07, 6.45) is 1.04. The smallest absolute Gasteiger partial charge is 0.0560 e. The topological polar surface area (TPSA) is 30.5 Å². The van der Waals surface area contributed by atoms with Crippen molar-refractivity contribution in [3.8, 4) is 0 Å². The highest BCUT2D eigenvalue weighted by Crippen LogP contribution is 2.48. The average molecular weight is 383 g/mol. The molecule has 27 heavy (non-hydrogen) atoms. The van der Waals surface area contributed by atoms with Gasteiger partial charge in [0.2, 0.25) is 0 Å². The zero-order valence-corrected chi connectivity index (χ0v) is 17.5. The SMILES string of the molecule is CCc1cc(N(CC)CC)cc2c1Nc1ccc(N3CCNCC3)cc1S2. The van der Waals surface area contributed by atoms with Gasteiger partial charge in [-0.05, 0) is 56.2 Å². The highest BCUT2D eigenvalue weighted by Gasteiger charge is 2.21. The Hall–Kier alpha value is -1.85. The molecule has 4 nitrogen and oxygen atoms in total. The van der Waals surface area contributed by atoms with E-state index in [9.17, 15) is 0 Å². The molecule has 0 unspecified atom stereocenters. The molecule has 0 bridgehead atoms. The summed E-state index contributed by atoms with van der Waals surface area (Å²) in [5, 5.41) is 7.16. The molecule has 0 spiro atoms. The van der Waals surface area contributed by atoms with Gasteiger partial charge in [0.05, 0.1) is 11.4 Å². The van der Waals surface area contributed by atoms with Crippen LogP contribution in [0.15, 0.2) is 40.1 Å². The van der Waals surface area contributed by atoms with Crippen molar-refractivity contribution in [2.24, 2.45) is 0 Å². The van der Waals surface area contributed by atoms with Crippen LogP contribution in [0.1, 0.15) is 26.3 Å². The van der Waals surface area contributed by atoms with Crippen LogP contribution in [0.4, 0.5) is 22.7 Å². The predicted octanol–water partition coefficient (Wildman–Crippen LogP) is 4.71. The van der Waals surface area contributed by atoms with E-state index in [4.69, 9.17) is 0 Å². The second-order valence-electron chi connectivity index (χ2n) is 7.15. The van der Waals surface area contributed by atoms with Gasteiger partial charge < -0.3 is 20.4 Å². The Kier molecular flexibility index (Phi) is 5.50. The Morgan fingerprint density at radius 3 is 2.48 bits per heavy atom. The molecule has 2 heterocycles. The van der Waals surface area contributed by atoms with E-state index in [2.05, 4.69) is 71.5 Å². The molecule has 1 fully saturated rings. The fourth-order valence-corrected chi connectivity index (χ4v) is 5.11. The number of anilines is 4. The summed E-state index contributed by atoms with van der Waals surface area (Å²) in [5.74, 6) is 0. The molecule has 1 saturated heterocycles. The lowest BCUT2D eigenvalue weighted by Gasteiger charge is -2.31. The van der Waals surface area contributed by atoms with Crippen molar-refractivity contribution in [3.05, 3.63) is 35.9 Å². The molecule has 0 aromatic heterocycles. The molecule has 4 rings (SSSR count). The number of benzene rings is 2. The lowest BCUT2D eigenvalue weighted by Crippen LogP contribution is -2.43. The largest absolute Gasteiger partial charge is 0.372 e. The summed E-state index contributed by atoms with van der Waals surface area (Å²) < 4.78 is 0. The number of hydrogen-bond acceptors (Lipinski definition) is 5. The number of nitrogens with zero attached hydrogens (tertiary/aromatic N) is 2. The second-order valence-corrected chi connectivity index (χ2v) is 8.23. The number of hydrogen-bond donors (Lipinski definition) is 2.